The summed E-state index contributed by atoms with van der Waals surface area (Å²) < 4.78 is 2.13. The van der Waals surface area contributed by atoms with E-state index in [2.05, 4.69) is 35.1 Å². The first-order chi connectivity index (χ1) is 7.25. The molecule has 82 valence electrons. The number of hydrogen-bond donors (Lipinski definition) is 1. The van der Waals surface area contributed by atoms with Crippen LogP contribution in [0.3, 0.4) is 0 Å². The van der Waals surface area contributed by atoms with Crippen molar-refractivity contribution in [2.24, 2.45) is 5.92 Å². The molecule has 3 nitrogen and oxygen atoms in total. The highest BCUT2D eigenvalue weighted by atomic mass is 15.3. The Morgan fingerprint density at radius 3 is 3.13 bits per heavy atom. The zero-order valence-corrected chi connectivity index (χ0v) is 9.53. The molecule has 3 heteroatoms. The smallest absolute Gasteiger partial charge is 0.128 e. The van der Waals surface area contributed by atoms with Gasteiger partial charge in [-0.15, -0.1) is 0 Å². The van der Waals surface area contributed by atoms with Gasteiger partial charge in [0, 0.05) is 17.6 Å². The summed E-state index contributed by atoms with van der Waals surface area (Å²) in [5.41, 5.74) is 1.42. The molecule has 2 atom stereocenters. The van der Waals surface area contributed by atoms with Crippen molar-refractivity contribution in [1.82, 2.24) is 9.78 Å². The van der Waals surface area contributed by atoms with Gasteiger partial charge in [0.2, 0.25) is 0 Å². The molecule has 2 heterocycles. The van der Waals surface area contributed by atoms with Crippen LogP contribution in [-0.4, -0.2) is 15.8 Å². The molecule has 1 aliphatic carbocycles. The molecule has 1 aromatic heterocycles. The van der Waals surface area contributed by atoms with Crippen molar-refractivity contribution in [3.8, 4) is 0 Å². The van der Waals surface area contributed by atoms with Crippen molar-refractivity contribution >= 4 is 5.82 Å². The molecule has 3 rings (SSSR count). The molecule has 1 fully saturated rings. The third-order valence-electron chi connectivity index (χ3n) is 3.82. The zero-order chi connectivity index (χ0) is 10.4. The van der Waals surface area contributed by atoms with Crippen molar-refractivity contribution in [1.29, 1.82) is 0 Å². The predicted octanol–water partition coefficient (Wildman–Crippen LogP) is 2.60. The fourth-order valence-corrected chi connectivity index (χ4v) is 3.03. The molecule has 1 saturated carbocycles. The fourth-order valence-electron chi connectivity index (χ4n) is 3.03. The van der Waals surface area contributed by atoms with E-state index in [1.54, 1.807) is 0 Å². The first kappa shape index (κ1) is 9.25. The van der Waals surface area contributed by atoms with Gasteiger partial charge in [-0.05, 0) is 39.0 Å². The molecular formula is C12H19N3. The topological polar surface area (TPSA) is 29.9 Å². The van der Waals surface area contributed by atoms with Crippen LogP contribution in [0.5, 0.6) is 0 Å². The lowest BCUT2D eigenvalue weighted by Crippen LogP contribution is -2.31. The molecule has 0 aromatic carbocycles. The van der Waals surface area contributed by atoms with Gasteiger partial charge < -0.3 is 5.32 Å². The van der Waals surface area contributed by atoms with Crippen molar-refractivity contribution in [2.75, 3.05) is 5.32 Å². The van der Waals surface area contributed by atoms with Gasteiger partial charge in [0.15, 0.2) is 0 Å². The monoisotopic (exact) mass is 205 g/mol. The van der Waals surface area contributed by atoms with Crippen LogP contribution in [0.1, 0.15) is 44.7 Å². The number of fused-ring (bicyclic) bond motifs is 2. The van der Waals surface area contributed by atoms with E-state index in [9.17, 15) is 0 Å². The number of rotatable bonds is 1. The standard InChI is InChI=1S/C12H19N3/c1-8(2)15-12-10(7-13-15)6-9-4-3-5-11(9)14-12/h7-9,11,14H,3-6H2,1-2H3/t9-,11+/m0/s1. The Bertz CT molecular complexity index is 367. The average molecular weight is 205 g/mol. The zero-order valence-electron chi connectivity index (χ0n) is 9.53. The maximum Gasteiger partial charge on any atom is 0.128 e. The van der Waals surface area contributed by atoms with E-state index >= 15 is 0 Å². The van der Waals surface area contributed by atoms with Crippen molar-refractivity contribution < 1.29 is 0 Å². The van der Waals surface area contributed by atoms with Crippen molar-refractivity contribution in [3.63, 3.8) is 0 Å². The Kier molecular flexibility index (Phi) is 2.01. The van der Waals surface area contributed by atoms with Crippen LogP contribution in [-0.2, 0) is 6.42 Å². The van der Waals surface area contributed by atoms with E-state index in [0.717, 1.165) is 5.92 Å². The summed E-state index contributed by atoms with van der Waals surface area (Å²) in [5, 5.41) is 8.17. The summed E-state index contributed by atoms with van der Waals surface area (Å²) in [5.74, 6) is 2.15. The molecule has 0 amide bonds. The quantitative estimate of drug-likeness (QED) is 0.763. The average Bonchev–Trinajstić information content (AvgIpc) is 2.77. The van der Waals surface area contributed by atoms with E-state index in [-0.39, 0.29) is 0 Å². The first-order valence-electron chi connectivity index (χ1n) is 6.08. The Morgan fingerprint density at radius 1 is 1.47 bits per heavy atom. The Balaban J connectivity index is 1.95. The molecule has 0 radical (unpaired) electrons. The van der Waals surface area contributed by atoms with Crippen LogP contribution in [0.4, 0.5) is 5.82 Å². The summed E-state index contributed by atoms with van der Waals surface area (Å²) in [7, 11) is 0. The Morgan fingerprint density at radius 2 is 2.33 bits per heavy atom. The first-order valence-corrected chi connectivity index (χ1v) is 6.08. The van der Waals surface area contributed by atoms with E-state index in [0.29, 0.717) is 12.1 Å². The van der Waals surface area contributed by atoms with Crippen LogP contribution in [0, 0.1) is 5.92 Å². The van der Waals surface area contributed by atoms with Gasteiger partial charge in [0.25, 0.3) is 0 Å². The fraction of sp³-hybridized carbons (Fsp3) is 0.750. The third-order valence-corrected chi connectivity index (χ3v) is 3.82. The van der Waals surface area contributed by atoms with E-state index in [1.165, 1.54) is 37.1 Å². The number of nitrogens with one attached hydrogen (secondary N) is 1. The largest absolute Gasteiger partial charge is 0.367 e. The van der Waals surface area contributed by atoms with Crippen molar-refractivity contribution in [2.45, 2.75) is 51.6 Å². The SMILES string of the molecule is CC(C)n1ncc2c1N[C@@H]1CCC[C@H]1C2. The molecule has 0 spiro atoms. The highest BCUT2D eigenvalue weighted by molar-refractivity contribution is 5.48. The molecule has 0 unspecified atom stereocenters. The molecule has 1 aliphatic heterocycles. The van der Waals surface area contributed by atoms with Gasteiger partial charge in [-0.25, -0.2) is 4.68 Å². The number of aromatic nitrogens is 2. The van der Waals surface area contributed by atoms with Gasteiger partial charge in [0.05, 0.1) is 6.20 Å². The van der Waals surface area contributed by atoms with Crippen LogP contribution in [0.2, 0.25) is 0 Å². The Labute approximate surface area is 90.9 Å². The highest BCUT2D eigenvalue weighted by Crippen LogP contribution is 2.38. The van der Waals surface area contributed by atoms with Crippen LogP contribution >= 0.6 is 0 Å². The Hall–Kier alpha value is -0.990. The summed E-state index contributed by atoms with van der Waals surface area (Å²) in [6.45, 7) is 4.38. The summed E-state index contributed by atoms with van der Waals surface area (Å²) in [4.78, 5) is 0. The molecule has 1 aromatic rings. The van der Waals surface area contributed by atoms with Gasteiger partial charge in [-0.3, -0.25) is 0 Å². The second kappa shape index (κ2) is 3.26. The lowest BCUT2D eigenvalue weighted by Gasteiger charge is -2.29. The normalized spacial score (nSPS) is 28.7. The van der Waals surface area contributed by atoms with Crippen molar-refractivity contribution in [3.05, 3.63) is 11.8 Å². The molecule has 15 heavy (non-hydrogen) atoms. The minimum Gasteiger partial charge on any atom is -0.367 e. The molecular weight excluding hydrogens is 186 g/mol. The number of hydrogen-bond acceptors (Lipinski definition) is 2. The van der Waals surface area contributed by atoms with Crippen LogP contribution < -0.4 is 5.32 Å². The van der Waals surface area contributed by atoms with E-state index < -0.39 is 0 Å². The molecule has 0 bridgehead atoms. The predicted molar refractivity (Wildman–Crippen MR) is 61.1 cm³/mol. The summed E-state index contributed by atoms with van der Waals surface area (Å²) in [6.07, 6.45) is 7.41. The maximum absolute atomic E-state index is 4.48. The highest BCUT2D eigenvalue weighted by Gasteiger charge is 2.33. The van der Waals surface area contributed by atoms with Gasteiger partial charge in [-0.1, -0.05) is 6.42 Å². The second-order valence-electron chi connectivity index (χ2n) is 5.20. The van der Waals surface area contributed by atoms with Gasteiger partial charge >= 0.3 is 0 Å². The van der Waals surface area contributed by atoms with E-state index in [4.69, 9.17) is 0 Å². The lowest BCUT2D eigenvalue weighted by atomic mass is 9.92. The molecule has 2 aliphatic rings. The minimum atomic E-state index is 0.458. The van der Waals surface area contributed by atoms with Gasteiger partial charge in [0.1, 0.15) is 5.82 Å². The van der Waals surface area contributed by atoms with Gasteiger partial charge in [-0.2, -0.15) is 5.10 Å². The number of nitrogens with zero attached hydrogens (tertiary/aromatic N) is 2. The second-order valence-corrected chi connectivity index (χ2v) is 5.20. The lowest BCUT2D eigenvalue weighted by molar-refractivity contribution is 0.470. The maximum atomic E-state index is 4.48. The number of anilines is 1. The third kappa shape index (κ3) is 1.36. The van der Waals surface area contributed by atoms with Crippen LogP contribution in [0.15, 0.2) is 6.20 Å². The summed E-state index contributed by atoms with van der Waals surface area (Å²) >= 11 is 0. The minimum absolute atomic E-state index is 0.458. The van der Waals surface area contributed by atoms with E-state index in [1.807, 2.05) is 0 Å². The van der Waals surface area contributed by atoms with Crippen LogP contribution in [0.25, 0.3) is 0 Å². The molecule has 1 N–H and O–H groups in total. The summed E-state index contributed by atoms with van der Waals surface area (Å²) in [6, 6.07) is 1.17. The molecule has 0 saturated heterocycles.